The molecule has 1 aliphatic rings. The second kappa shape index (κ2) is 4.20. The zero-order valence-corrected chi connectivity index (χ0v) is 9.83. The minimum atomic E-state index is -0.865. The highest BCUT2D eigenvalue weighted by Crippen LogP contribution is 2.35. The third-order valence-electron chi connectivity index (χ3n) is 3.34. The first-order chi connectivity index (χ1) is 8.02. The first-order valence-electron chi connectivity index (χ1n) is 5.48. The fourth-order valence-electron chi connectivity index (χ4n) is 2.38. The van der Waals surface area contributed by atoms with E-state index in [1.807, 2.05) is 0 Å². The van der Waals surface area contributed by atoms with E-state index < -0.39 is 17.9 Å². The molecule has 1 aromatic rings. The number of carboxylic acids is 1. The number of piperidine rings is 1. The number of rotatable bonds is 2. The summed E-state index contributed by atoms with van der Waals surface area (Å²) in [7, 11) is 3.40. The van der Waals surface area contributed by atoms with Gasteiger partial charge in [0.05, 0.1) is 17.7 Å². The zero-order chi connectivity index (χ0) is 12.6. The van der Waals surface area contributed by atoms with Crippen LogP contribution in [0.2, 0.25) is 0 Å². The van der Waals surface area contributed by atoms with Crippen molar-refractivity contribution in [3.8, 4) is 0 Å². The van der Waals surface area contributed by atoms with Gasteiger partial charge in [0.1, 0.15) is 0 Å². The van der Waals surface area contributed by atoms with Crippen LogP contribution < -0.4 is 0 Å². The molecule has 6 nitrogen and oxygen atoms in total. The van der Waals surface area contributed by atoms with Gasteiger partial charge in [0.25, 0.3) is 0 Å². The van der Waals surface area contributed by atoms with Gasteiger partial charge < -0.3 is 10.0 Å². The molecular formula is C11H15N3O3. The topological polar surface area (TPSA) is 75.4 Å². The Morgan fingerprint density at radius 3 is 2.76 bits per heavy atom. The number of hydrogen-bond acceptors (Lipinski definition) is 3. The molecule has 0 spiro atoms. The van der Waals surface area contributed by atoms with Gasteiger partial charge in [-0.1, -0.05) is 0 Å². The number of aromatic nitrogens is 2. The van der Waals surface area contributed by atoms with Crippen LogP contribution in [0.4, 0.5) is 0 Å². The highest BCUT2D eigenvalue weighted by Gasteiger charge is 2.40. The number of carbonyl (C=O) groups excluding carboxylic acids is 1. The fourth-order valence-corrected chi connectivity index (χ4v) is 2.38. The van der Waals surface area contributed by atoms with Crippen LogP contribution in [0.15, 0.2) is 12.3 Å². The van der Waals surface area contributed by atoms with Gasteiger partial charge in [-0.15, -0.1) is 0 Å². The maximum atomic E-state index is 11.7. The molecule has 1 N–H and O–H groups in total. The SMILES string of the molecule is CN1C(=O)CC[C@H](C(=O)O)[C@H]1c1ccnn1C. The van der Waals surface area contributed by atoms with Crippen molar-refractivity contribution >= 4 is 11.9 Å². The average Bonchev–Trinajstić information content (AvgIpc) is 2.68. The molecular weight excluding hydrogens is 222 g/mol. The van der Waals surface area contributed by atoms with Crippen LogP contribution in [0.1, 0.15) is 24.6 Å². The summed E-state index contributed by atoms with van der Waals surface area (Å²) in [6.07, 6.45) is 2.29. The number of likely N-dealkylation sites (tertiary alicyclic amines) is 1. The minimum absolute atomic E-state index is 0.0197. The van der Waals surface area contributed by atoms with Gasteiger partial charge in [-0.05, 0) is 12.5 Å². The largest absolute Gasteiger partial charge is 0.481 e. The van der Waals surface area contributed by atoms with E-state index in [1.165, 1.54) is 4.90 Å². The van der Waals surface area contributed by atoms with E-state index in [2.05, 4.69) is 5.10 Å². The second-order valence-corrected chi connectivity index (χ2v) is 4.31. The Balaban J connectivity index is 2.40. The molecule has 0 saturated carbocycles. The lowest BCUT2D eigenvalue weighted by Crippen LogP contribution is -2.43. The van der Waals surface area contributed by atoms with E-state index in [0.29, 0.717) is 12.8 Å². The lowest BCUT2D eigenvalue weighted by molar-refractivity contribution is -0.151. The van der Waals surface area contributed by atoms with Crippen LogP contribution in [-0.2, 0) is 16.6 Å². The van der Waals surface area contributed by atoms with E-state index in [1.54, 1.807) is 31.0 Å². The van der Waals surface area contributed by atoms with E-state index in [0.717, 1.165) is 5.69 Å². The zero-order valence-electron chi connectivity index (χ0n) is 9.83. The second-order valence-electron chi connectivity index (χ2n) is 4.31. The monoisotopic (exact) mass is 237 g/mol. The Morgan fingerprint density at radius 1 is 1.53 bits per heavy atom. The molecule has 1 aromatic heterocycles. The summed E-state index contributed by atoms with van der Waals surface area (Å²) in [5.41, 5.74) is 0.757. The molecule has 0 bridgehead atoms. The number of amides is 1. The summed E-state index contributed by atoms with van der Waals surface area (Å²) in [4.78, 5) is 24.5. The van der Waals surface area contributed by atoms with Crippen molar-refractivity contribution in [3.05, 3.63) is 18.0 Å². The number of carboxylic acid groups (broad SMARTS) is 1. The Morgan fingerprint density at radius 2 is 2.24 bits per heavy atom. The number of aryl methyl sites for hydroxylation is 1. The molecule has 0 aromatic carbocycles. The van der Waals surface area contributed by atoms with E-state index >= 15 is 0 Å². The van der Waals surface area contributed by atoms with Crippen LogP contribution in [0, 0.1) is 5.92 Å². The standard InChI is InChI=1S/C11H15N3O3/c1-13-9(15)4-3-7(11(16)17)10(13)8-5-6-12-14(8)2/h5-7,10H,3-4H2,1-2H3,(H,16,17)/t7-,10-/m0/s1. The summed E-state index contributed by atoms with van der Waals surface area (Å²) in [6, 6.07) is 1.33. The highest BCUT2D eigenvalue weighted by molar-refractivity contribution is 5.81. The van der Waals surface area contributed by atoms with E-state index in [4.69, 9.17) is 0 Å². The molecule has 2 rings (SSSR count). The highest BCUT2D eigenvalue weighted by atomic mass is 16.4. The van der Waals surface area contributed by atoms with Crippen LogP contribution in [0.3, 0.4) is 0 Å². The normalized spacial score (nSPS) is 25.1. The summed E-state index contributed by atoms with van der Waals surface area (Å²) < 4.78 is 1.62. The third kappa shape index (κ3) is 1.90. The number of carbonyl (C=O) groups is 2. The lowest BCUT2D eigenvalue weighted by atomic mass is 9.87. The van der Waals surface area contributed by atoms with Crippen LogP contribution in [-0.4, -0.2) is 38.7 Å². The van der Waals surface area contributed by atoms with Crippen molar-refractivity contribution in [3.63, 3.8) is 0 Å². The molecule has 92 valence electrons. The molecule has 0 aliphatic carbocycles. The Bertz CT molecular complexity index is 455. The van der Waals surface area contributed by atoms with Gasteiger partial charge in [-0.25, -0.2) is 0 Å². The van der Waals surface area contributed by atoms with Crippen LogP contribution in [0.5, 0.6) is 0 Å². The first kappa shape index (κ1) is 11.6. The van der Waals surface area contributed by atoms with E-state index in [-0.39, 0.29) is 5.91 Å². The molecule has 2 atom stereocenters. The molecule has 6 heteroatoms. The molecule has 1 fully saturated rings. The third-order valence-corrected chi connectivity index (χ3v) is 3.34. The van der Waals surface area contributed by atoms with Gasteiger partial charge >= 0.3 is 5.97 Å². The molecule has 1 saturated heterocycles. The fraction of sp³-hybridized carbons (Fsp3) is 0.545. The Labute approximate surface area is 98.8 Å². The molecule has 1 amide bonds. The van der Waals surface area contributed by atoms with Crippen molar-refractivity contribution in [2.24, 2.45) is 13.0 Å². The molecule has 0 radical (unpaired) electrons. The van der Waals surface area contributed by atoms with Gasteiger partial charge in [0.15, 0.2) is 0 Å². The summed E-state index contributed by atoms with van der Waals surface area (Å²) in [5.74, 6) is -1.45. The quantitative estimate of drug-likeness (QED) is 0.808. The van der Waals surface area contributed by atoms with Gasteiger partial charge in [-0.3, -0.25) is 14.3 Å². The van der Waals surface area contributed by atoms with Gasteiger partial charge in [0, 0.05) is 26.7 Å². The Kier molecular flexibility index (Phi) is 2.87. The minimum Gasteiger partial charge on any atom is -0.481 e. The lowest BCUT2D eigenvalue weighted by Gasteiger charge is -2.36. The maximum Gasteiger partial charge on any atom is 0.309 e. The predicted octanol–water partition coefficient (Wildman–Crippen LogP) is 0.414. The van der Waals surface area contributed by atoms with Crippen LogP contribution >= 0.6 is 0 Å². The number of aliphatic carboxylic acids is 1. The molecule has 17 heavy (non-hydrogen) atoms. The smallest absolute Gasteiger partial charge is 0.309 e. The van der Waals surface area contributed by atoms with Crippen molar-refractivity contribution in [2.75, 3.05) is 7.05 Å². The molecule has 2 heterocycles. The van der Waals surface area contributed by atoms with Crippen molar-refractivity contribution < 1.29 is 14.7 Å². The first-order valence-corrected chi connectivity index (χ1v) is 5.48. The van der Waals surface area contributed by atoms with Crippen molar-refractivity contribution in [2.45, 2.75) is 18.9 Å². The maximum absolute atomic E-state index is 11.7. The van der Waals surface area contributed by atoms with Crippen molar-refractivity contribution in [1.82, 2.24) is 14.7 Å². The van der Waals surface area contributed by atoms with E-state index in [9.17, 15) is 14.7 Å². The molecule has 1 aliphatic heterocycles. The van der Waals surface area contributed by atoms with Gasteiger partial charge in [0.2, 0.25) is 5.91 Å². The summed E-state index contributed by atoms with van der Waals surface area (Å²) >= 11 is 0. The van der Waals surface area contributed by atoms with Crippen molar-refractivity contribution in [1.29, 1.82) is 0 Å². The Hall–Kier alpha value is -1.85. The number of hydrogen-bond donors (Lipinski definition) is 1. The summed E-state index contributed by atoms with van der Waals surface area (Å²) in [6.45, 7) is 0. The summed E-state index contributed by atoms with van der Waals surface area (Å²) in [5, 5.41) is 13.3. The average molecular weight is 237 g/mol. The van der Waals surface area contributed by atoms with Crippen LogP contribution in [0.25, 0.3) is 0 Å². The van der Waals surface area contributed by atoms with Gasteiger partial charge in [-0.2, -0.15) is 5.10 Å². The molecule has 0 unspecified atom stereocenters. The predicted molar refractivity (Wildman–Crippen MR) is 59.1 cm³/mol. The number of nitrogens with zero attached hydrogens (tertiary/aromatic N) is 3.